The standard InChI is InChI=1S/C11H12O5S/c1-16-11(12)10(8-17(13,14)15)7-9-5-3-2-4-6-9/h2-7H,8H2,1H3,(H,13,14,15)/b10-7+. The van der Waals surface area contributed by atoms with Crippen molar-refractivity contribution in [3.63, 3.8) is 0 Å². The second-order valence-electron chi connectivity index (χ2n) is 3.30. The van der Waals surface area contributed by atoms with E-state index < -0.39 is 21.8 Å². The van der Waals surface area contributed by atoms with Crippen molar-refractivity contribution in [2.24, 2.45) is 0 Å². The van der Waals surface area contributed by atoms with Crippen LogP contribution in [-0.2, 0) is 19.6 Å². The van der Waals surface area contributed by atoms with Gasteiger partial charge in [-0.1, -0.05) is 30.3 Å². The highest BCUT2D eigenvalue weighted by atomic mass is 32.2. The van der Waals surface area contributed by atoms with Crippen LogP contribution in [0.2, 0.25) is 0 Å². The maximum absolute atomic E-state index is 11.3. The van der Waals surface area contributed by atoms with Gasteiger partial charge < -0.3 is 4.74 Å². The highest BCUT2D eigenvalue weighted by Crippen LogP contribution is 2.09. The monoisotopic (exact) mass is 256 g/mol. The predicted octanol–water partition coefficient (Wildman–Crippen LogP) is 1.13. The lowest BCUT2D eigenvalue weighted by molar-refractivity contribution is -0.135. The van der Waals surface area contributed by atoms with E-state index in [1.165, 1.54) is 6.08 Å². The van der Waals surface area contributed by atoms with Crippen molar-refractivity contribution in [1.29, 1.82) is 0 Å². The molecule has 0 radical (unpaired) electrons. The minimum Gasteiger partial charge on any atom is -0.466 e. The summed E-state index contributed by atoms with van der Waals surface area (Å²) >= 11 is 0. The molecule has 0 amide bonds. The Balaban J connectivity index is 3.07. The molecule has 0 bridgehead atoms. The summed E-state index contributed by atoms with van der Waals surface area (Å²) in [4.78, 5) is 11.3. The Labute approximate surface area is 99.5 Å². The van der Waals surface area contributed by atoms with E-state index in [0.717, 1.165) is 7.11 Å². The lowest BCUT2D eigenvalue weighted by Crippen LogP contribution is -2.15. The molecule has 0 heterocycles. The number of benzene rings is 1. The van der Waals surface area contributed by atoms with Crippen molar-refractivity contribution in [3.8, 4) is 0 Å². The van der Waals surface area contributed by atoms with Crippen LogP contribution in [0.25, 0.3) is 6.08 Å². The van der Waals surface area contributed by atoms with E-state index in [2.05, 4.69) is 4.74 Å². The lowest BCUT2D eigenvalue weighted by atomic mass is 10.1. The average Bonchev–Trinajstić information content (AvgIpc) is 2.27. The third-order valence-electron chi connectivity index (χ3n) is 1.93. The van der Waals surface area contributed by atoms with E-state index in [1.807, 2.05) is 0 Å². The van der Waals surface area contributed by atoms with Gasteiger partial charge in [0.15, 0.2) is 0 Å². The van der Waals surface area contributed by atoms with Gasteiger partial charge in [0.2, 0.25) is 0 Å². The predicted molar refractivity (Wildman–Crippen MR) is 62.9 cm³/mol. The molecule has 0 aliphatic carbocycles. The van der Waals surface area contributed by atoms with Gasteiger partial charge in [-0.05, 0) is 11.6 Å². The van der Waals surface area contributed by atoms with Gasteiger partial charge in [-0.2, -0.15) is 8.42 Å². The molecule has 0 unspecified atom stereocenters. The number of hydrogen-bond donors (Lipinski definition) is 1. The molecule has 0 aromatic heterocycles. The molecule has 0 saturated heterocycles. The minimum absolute atomic E-state index is 0.124. The van der Waals surface area contributed by atoms with Crippen LogP contribution in [0.5, 0.6) is 0 Å². The molecule has 92 valence electrons. The summed E-state index contributed by atoms with van der Waals surface area (Å²) in [6.07, 6.45) is 1.36. The normalized spacial score (nSPS) is 12.2. The zero-order valence-corrected chi connectivity index (χ0v) is 9.98. The van der Waals surface area contributed by atoms with Crippen molar-refractivity contribution < 1.29 is 22.5 Å². The number of esters is 1. The van der Waals surface area contributed by atoms with Gasteiger partial charge in [0.25, 0.3) is 10.1 Å². The third-order valence-corrected chi connectivity index (χ3v) is 2.60. The molecule has 6 heteroatoms. The SMILES string of the molecule is COC(=O)/C(=C/c1ccccc1)CS(=O)(=O)O. The Bertz CT molecular complexity index is 516. The quantitative estimate of drug-likeness (QED) is 0.496. The van der Waals surface area contributed by atoms with Gasteiger partial charge in [-0.25, -0.2) is 4.79 Å². The van der Waals surface area contributed by atoms with Crippen LogP contribution in [-0.4, -0.2) is 31.8 Å². The molecule has 0 aliphatic heterocycles. The first-order valence-corrected chi connectivity index (χ1v) is 6.32. The van der Waals surface area contributed by atoms with E-state index in [0.29, 0.717) is 5.56 Å². The molecule has 5 nitrogen and oxygen atoms in total. The summed E-state index contributed by atoms with van der Waals surface area (Å²) < 4.78 is 34.7. The fourth-order valence-electron chi connectivity index (χ4n) is 1.24. The molecular weight excluding hydrogens is 244 g/mol. The summed E-state index contributed by atoms with van der Waals surface area (Å²) in [5.74, 6) is -1.55. The summed E-state index contributed by atoms with van der Waals surface area (Å²) in [7, 11) is -3.12. The fraction of sp³-hybridized carbons (Fsp3) is 0.182. The molecule has 0 atom stereocenters. The molecular formula is C11H12O5S. The number of ether oxygens (including phenoxy) is 1. The van der Waals surface area contributed by atoms with E-state index in [-0.39, 0.29) is 5.57 Å². The smallest absolute Gasteiger partial charge is 0.334 e. The summed E-state index contributed by atoms with van der Waals surface area (Å²) in [6, 6.07) is 8.68. The Morgan fingerprint density at radius 3 is 2.41 bits per heavy atom. The van der Waals surface area contributed by atoms with Crippen LogP contribution >= 0.6 is 0 Å². The summed E-state index contributed by atoms with van der Waals surface area (Å²) in [5, 5.41) is 0. The fourth-order valence-corrected chi connectivity index (χ4v) is 1.83. The van der Waals surface area contributed by atoms with Crippen LogP contribution in [0.1, 0.15) is 5.56 Å². The first-order valence-electron chi connectivity index (χ1n) is 4.71. The maximum Gasteiger partial charge on any atom is 0.334 e. The van der Waals surface area contributed by atoms with Gasteiger partial charge in [0.05, 0.1) is 12.7 Å². The molecule has 1 aromatic rings. The van der Waals surface area contributed by atoms with Crippen LogP contribution in [0.15, 0.2) is 35.9 Å². The third kappa shape index (κ3) is 4.80. The summed E-state index contributed by atoms with van der Waals surface area (Å²) in [6.45, 7) is 0. The minimum atomic E-state index is -4.27. The Morgan fingerprint density at radius 2 is 1.94 bits per heavy atom. The zero-order chi connectivity index (χ0) is 12.9. The average molecular weight is 256 g/mol. The van der Waals surface area contributed by atoms with Gasteiger partial charge in [-0.15, -0.1) is 0 Å². The van der Waals surface area contributed by atoms with Crippen molar-refractivity contribution in [2.45, 2.75) is 0 Å². The van der Waals surface area contributed by atoms with Crippen molar-refractivity contribution >= 4 is 22.2 Å². The second kappa shape index (κ2) is 5.60. The number of carbonyl (C=O) groups excluding carboxylic acids is 1. The van der Waals surface area contributed by atoms with Gasteiger partial charge >= 0.3 is 5.97 Å². The molecule has 0 fully saturated rings. The molecule has 1 N–H and O–H groups in total. The molecule has 1 aromatic carbocycles. The van der Waals surface area contributed by atoms with E-state index in [1.54, 1.807) is 30.3 Å². The van der Waals surface area contributed by atoms with Crippen LogP contribution < -0.4 is 0 Å². The zero-order valence-electron chi connectivity index (χ0n) is 9.16. The largest absolute Gasteiger partial charge is 0.466 e. The first-order chi connectivity index (χ1) is 7.92. The Kier molecular flexibility index (Phi) is 4.42. The molecule has 17 heavy (non-hydrogen) atoms. The number of rotatable bonds is 4. The lowest BCUT2D eigenvalue weighted by Gasteiger charge is -2.03. The second-order valence-corrected chi connectivity index (χ2v) is 4.75. The van der Waals surface area contributed by atoms with Crippen molar-refractivity contribution in [2.75, 3.05) is 12.9 Å². The number of carbonyl (C=O) groups is 1. The highest BCUT2D eigenvalue weighted by Gasteiger charge is 2.17. The van der Waals surface area contributed by atoms with Gasteiger partial charge in [-0.3, -0.25) is 4.55 Å². The summed E-state index contributed by atoms with van der Waals surface area (Å²) in [5.41, 5.74) is 0.526. The van der Waals surface area contributed by atoms with Crippen LogP contribution in [0.4, 0.5) is 0 Å². The Hall–Kier alpha value is -1.66. The molecule has 0 aliphatic rings. The topological polar surface area (TPSA) is 80.7 Å². The highest BCUT2D eigenvalue weighted by molar-refractivity contribution is 7.86. The van der Waals surface area contributed by atoms with Crippen molar-refractivity contribution in [3.05, 3.63) is 41.5 Å². The molecule has 0 saturated carbocycles. The first kappa shape index (κ1) is 13.4. The van der Waals surface area contributed by atoms with Crippen molar-refractivity contribution in [1.82, 2.24) is 0 Å². The van der Waals surface area contributed by atoms with E-state index in [9.17, 15) is 13.2 Å². The Morgan fingerprint density at radius 1 is 1.35 bits per heavy atom. The van der Waals surface area contributed by atoms with E-state index >= 15 is 0 Å². The number of hydrogen-bond acceptors (Lipinski definition) is 4. The van der Waals surface area contributed by atoms with Gasteiger partial charge in [0.1, 0.15) is 5.75 Å². The maximum atomic E-state index is 11.3. The molecule has 1 rings (SSSR count). The molecule has 0 spiro atoms. The van der Waals surface area contributed by atoms with E-state index in [4.69, 9.17) is 4.55 Å². The van der Waals surface area contributed by atoms with Gasteiger partial charge in [0, 0.05) is 0 Å². The number of methoxy groups -OCH3 is 1. The van der Waals surface area contributed by atoms with Crippen LogP contribution in [0, 0.1) is 0 Å². The van der Waals surface area contributed by atoms with Crippen LogP contribution in [0.3, 0.4) is 0 Å².